The molecule has 1 heterocycles. The molecule has 1 aromatic carbocycles. The molecular weight excluding hydrogens is 208 g/mol. The normalized spacial score (nSPS) is 8.59. The molecule has 0 saturated carbocycles. The average Bonchev–Trinajstić information content (AvgIpc) is 2.42. The third-order valence-electron chi connectivity index (χ3n) is 2.12. The lowest BCUT2D eigenvalue weighted by Crippen LogP contribution is -1.88. The van der Waals surface area contributed by atoms with Crippen molar-refractivity contribution in [3.63, 3.8) is 0 Å². The van der Waals surface area contributed by atoms with Crippen LogP contribution in [0.1, 0.15) is 33.4 Å². The topological polar surface area (TPSA) is 24.9 Å². The van der Waals surface area contributed by atoms with Gasteiger partial charge >= 0.3 is 0 Å². The molecule has 0 saturated heterocycles. The molecule has 2 aromatic rings. The number of benzene rings is 1. The number of aryl methyl sites for hydroxylation is 1. The smallest absolute Gasteiger partial charge is 0.0706 e. The van der Waals surface area contributed by atoms with Crippen LogP contribution in [0.3, 0.4) is 0 Å². The average molecular weight is 232 g/mol. The van der Waals surface area contributed by atoms with Gasteiger partial charge in [0.2, 0.25) is 0 Å². The molecular formula is C15H24N2. The molecule has 0 aliphatic rings. The largest absolute Gasteiger partial charge is 0.388 e. The molecule has 1 aromatic heterocycles. The summed E-state index contributed by atoms with van der Waals surface area (Å²) >= 11 is 0. The zero-order chi connectivity index (χ0) is 13.3. The van der Waals surface area contributed by atoms with Crippen molar-refractivity contribution < 1.29 is 0 Å². The molecule has 0 aliphatic carbocycles. The van der Waals surface area contributed by atoms with E-state index in [4.69, 9.17) is 0 Å². The summed E-state index contributed by atoms with van der Waals surface area (Å²) in [4.78, 5) is 4.42. The van der Waals surface area contributed by atoms with E-state index in [2.05, 4.69) is 22.4 Å². The predicted molar refractivity (Wildman–Crippen MR) is 78.7 cm³/mol. The number of pyridine rings is 1. The van der Waals surface area contributed by atoms with Crippen LogP contribution in [0.15, 0.2) is 30.3 Å². The van der Waals surface area contributed by atoms with Gasteiger partial charge in [-0.3, -0.25) is 4.98 Å². The molecule has 94 valence electrons. The molecule has 17 heavy (non-hydrogen) atoms. The van der Waals surface area contributed by atoms with Crippen LogP contribution in [0.5, 0.6) is 0 Å². The van der Waals surface area contributed by atoms with Gasteiger partial charge in [-0.15, -0.1) is 0 Å². The van der Waals surface area contributed by atoms with Crippen molar-refractivity contribution in [2.45, 2.75) is 34.6 Å². The molecule has 0 atom stereocenters. The minimum atomic E-state index is 1.05. The summed E-state index contributed by atoms with van der Waals surface area (Å²) in [6.07, 6.45) is 0. The van der Waals surface area contributed by atoms with E-state index >= 15 is 0 Å². The van der Waals surface area contributed by atoms with E-state index in [9.17, 15) is 0 Å². The van der Waals surface area contributed by atoms with Gasteiger partial charge in [0.15, 0.2) is 0 Å². The Morgan fingerprint density at radius 1 is 0.941 bits per heavy atom. The van der Waals surface area contributed by atoms with Gasteiger partial charge in [-0.1, -0.05) is 33.8 Å². The van der Waals surface area contributed by atoms with Gasteiger partial charge in [-0.05, 0) is 31.2 Å². The highest BCUT2D eigenvalue weighted by atomic mass is 14.8. The summed E-state index contributed by atoms with van der Waals surface area (Å²) < 4.78 is 0. The Hall–Kier alpha value is -1.57. The molecule has 0 radical (unpaired) electrons. The number of nitrogens with zero attached hydrogens (tertiary/aromatic N) is 1. The lowest BCUT2D eigenvalue weighted by atomic mass is 10.2. The number of hydrogen-bond acceptors (Lipinski definition) is 2. The van der Waals surface area contributed by atoms with E-state index in [1.165, 1.54) is 5.39 Å². The Labute approximate surface area is 105 Å². The Bertz CT molecular complexity index is 436. The van der Waals surface area contributed by atoms with Crippen LogP contribution in [0.4, 0.5) is 5.69 Å². The van der Waals surface area contributed by atoms with Gasteiger partial charge in [-0.25, -0.2) is 0 Å². The number of fused-ring (bicyclic) bond motifs is 1. The summed E-state index contributed by atoms with van der Waals surface area (Å²) in [6.45, 7) is 10.0. The first-order valence-electron chi connectivity index (χ1n) is 6.35. The first-order chi connectivity index (χ1) is 8.29. The van der Waals surface area contributed by atoms with E-state index < -0.39 is 0 Å². The van der Waals surface area contributed by atoms with Gasteiger partial charge in [0.05, 0.1) is 5.52 Å². The van der Waals surface area contributed by atoms with E-state index in [1.54, 1.807) is 0 Å². The quantitative estimate of drug-likeness (QED) is 0.775. The Morgan fingerprint density at radius 2 is 1.59 bits per heavy atom. The highest BCUT2D eigenvalue weighted by molar-refractivity contribution is 5.82. The maximum Gasteiger partial charge on any atom is 0.0706 e. The minimum Gasteiger partial charge on any atom is -0.388 e. The molecule has 0 fully saturated rings. The number of aromatic nitrogens is 1. The van der Waals surface area contributed by atoms with Gasteiger partial charge in [0.25, 0.3) is 0 Å². The number of anilines is 1. The first-order valence-corrected chi connectivity index (χ1v) is 6.35. The molecule has 2 nitrogen and oxygen atoms in total. The Morgan fingerprint density at radius 3 is 2.18 bits per heavy atom. The lowest BCUT2D eigenvalue weighted by Gasteiger charge is -2.02. The number of rotatable bonds is 1. The predicted octanol–water partition coefficient (Wildman–Crippen LogP) is 4.64. The summed E-state index contributed by atoms with van der Waals surface area (Å²) in [6, 6.07) is 10.3. The van der Waals surface area contributed by atoms with Crippen LogP contribution in [0, 0.1) is 6.92 Å². The fraction of sp³-hybridized carbons (Fsp3) is 0.400. The summed E-state index contributed by atoms with van der Waals surface area (Å²) in [7, 11) is 1.92. The van der Waals surface area contributed by atoms with Crippen molar-refractivity contribution in [2.75, 3.05) is 12.4 Å². The van der Waals surface area contributed by atoms with Crippen LogP contribution in [-0.4, -0.2) is 12.0 Å². The minimum absolute atomic E-state index is 1.05. The maximum atomic E-state index is 4.42. The monoisotopic (exact) mass is 232 g/mol. The molecule has 0 bridgehead atoms. The fourth-order valence-corrected chi connectivity index (χ4v) is 1.38. The fourth-order valence-electron chi connectivity index (χ4n) is 1.38. The van der Waals surface area contributed by atoms with Crippen molar-refractivity contribution in [3.8, 4) is 0 Å². The van der Waals surface area contributed by atoms with E-state index in [1.807, 2.05) is 59.9 Å². The van der Waals surface area contributed by atoms with Crippen molar-refractivity contribution >= 4 is 16.6 Å². The molecule has 2 rings (SSSR count). The lowest BCUT2D eigenvalue weighted by molar-refractivity contribution is 1.26. The highest BCUT2D eigenvalue weighted by Gasteiger charge is 1.95. The standard InChI is InChI=1S/C11H12N2.2C2H6/c1-8-3-4-9-7-10(12-2)5-6-11(9)13-8;2*1-2/h3-7,12H,1-2H3;2*1-2H3. The Balaban J connectivity index is 0.000000581. The SMILES string of the molecule is CC.CC.CNc1ccc2nc(C)ccc2c1. The van der Waals surface area contributed by atoms with E-state index in [0.717, 1.165) is 16.9 Å². The maximum absolute atomic E-state index is 4.42. The summed E-state index contributed by atoms with van der Waals surface area (Å²) in [5.41, 5.74) is 3.24. The van der Waals surface area contributed by atoms with Gasteiger partial charge < -0.3 is 5.32 Å². The molecule has 1 N–H and O–H groups in total. The molecule has 2 heteroatoms. The van der Waals surface area contributed by atoms with Crippen LogP contribution in [-0.2, 0) is 0 Å². The van der Waals surface area contributed by atoms with Crippen LogP contribution < -0.4 is 5.32 Å². The number of hydrogen-bond donors (Lipinski definition) is 1. The molecule has 0 amide bonds. The second-order valence-electron chi connectivity index (χ2n) is 3.11. The van der Waals surface area contributed by atoms with E-state index in [0.29, 0.717) is 0 Å². The zero-order valence-corrected chi connectivity index (χ0v) is 11.8. The van der Waals surface area contributed by atoms with Crippen LogP contribution >= 0.6 is 0 Å². The van der Waals surface area contributed by atoms with Crippen LogP contribution in [0.2, 0.25) is 0 Å². The van der Waals surface area contributed by atoms with Crippen molar-refractivity contribution in [3.05, 3.63) is 36.0 Å². The van der Waals surface area contributed by atoms with Gasteiger partial charge in [0, 0.05) is 23.8 Å². The second-order valence-corrected chi connectivity index (χ2v) is 3.11. The summed E-state index contributed by atoms with van der Waals surface area (Å²) in [5, 5.41) is 4.28. The second kappa shape index (κ2) is 8.57. The van der Waals surface area contributed by atoms with Crippen molar-refractivity contribution in [1.29, 1.82) is 0 Å². The Kier molecular flexibility index (Phi) is 7.78. The number of nitrogens with one attached hydrogen (secondary N) is 1. The first kappa shape index (κ1) is 15.4. The van der Waals surface area contributed by atoms with E-state index in [-0.39, 0.29) is 0 Å². The third kappa shape index (κ3) is 4.43. The van der Waals surface area contributed by atoms with Crippen molar-refractivity contribution in [2.24, 2.45) is 0 Å². The highest BCUT2D eigenvalue weighted by Crippen LogP contribution is 2.17. The molecule has 0 aliphatic heterocycles. The van der Waals surface area contributed by atoms with Gasteiger partial charge in [0.1, 0.15) is 0 Å². The molecule has 0 spiro atoms. The van der Waals surface area contributed by atoms with Gasteiger partial charge in [-0.2, -0.15) is 0 Å². The summed E-state index contributed by atoms with van der Waals surface area (Å²) in [5.74, 6) is 0. The zero-order valence-electron chi connectivity index (χ0n) is 11.8. The molecule has 0 unspecified atom stereocenters. The third-order valence-corrected chi connectivity index (χ3v) is 2.12. The van der Waals surface area contributed by atoms with Crippen LogP contribution in [0.25, 0.3) is 10.9 Å². The van der Waals surface area contributed by atoms with Crippen molar-refractivity contribution in [1.82, 2.24) is 4.98 Å².